The molecule has 0 atom stereocenters. The van der Waals surface area contributed by atoms with Gasteiger partial charge in [0.05, 0.1) is 17.5 Å². The van der Waals surface area contributed by atoms with Crippen molar-refractivity contribution in [2.45, 2.75) is 13.3 Å². The van der Waals surface area contributed by atoms with Crippen LogP contribution in [0.2, 0.25) is 0 Å². The summed E-state index contributed by atoms with van der Waals surface area (Å²) in [6.07, 6.45) is 2.12. The van der Waals surface area contributed by atoms with Gasteiger partial charge in [0.2, 0.25) is 5.95 Å². The zero-order valence-electron chi connectivity index (χ0n) is 9.79. The second kappa shape index (κ2) is 4.79. The predicted molar refractivity (Wildman–Crippen MR) is 66.0 cm³/mol. The molecule has 0 fully saturated rings. The second-order valence-corrected chi connectivity index (χ2v) is 3.73. The van der Waals surface area contributed by atoms with Gasteiger partial charge in [0.1, 0.15) is 0 Å². The lowest BCUT2D eigenvalue weighted by molar-refractivity contribution is 0.0696. The van der Waals surface area contributed by atoms with Gasteiger partial charge in [-0.2, -0.15) is 5.10 Å². The first-order valence-corrected chi connectivity index (χ1v) is 5.43. The summed E-state index contributed by atoms with van der Waals surface area (Å²) in [7, 11) is 0. The number of carbonyl (C=O) groups is 1. The van der Waals surface area contributed by atoms with Gasteiger partial charge < -0.3 is 10.8 Å². The van der Waals surface area contributed by atoms with Crippen LogP contribution in [0.1, 0.15) is 22.8 Å². The molecule has 0 aliphatic carbocycles. The van der Waals surface area contributed by atoms with Crippen molar-refractivity contribution >= 4 is 11.9 Å². The molecule has 2 rings (SSSR count). The summed E-state index contributed by atoms with van der Waals surface area (Å²) in [4.78, 5) is 15.1. The smallest absolute Gasteiger partial charge is 0.335 e. The third-order valence-corrected chi connectivity index (χ3v) is 2.59. The van der Waals surface area contributed by atoms with Gasteiger partial charge >= 0.3 is 5.97 Å². The first kappa shape index (κ1) is 12.0. The number of nitrogens with zero attached hydrogens (tertiary/aromatic N) is 3. The third-order valence-electron chi connectivity index (χ3n) is 2.59. The summed E-state index contributed by atoms with van der Waals surface area (Å²) < 4.78 is 0. The van der Waals surface area contributed by atoms with Crippen LogP contribution in [-0.2, 0) is 6.42 Å². The van der Waals surface area contributed by atoms with Crippen molar-refractivity contribution in [3.8, 4) is 11.3 Å². The van der Waals surface area contributed by atoms with E-state index < -0.39 is 5.97 Å². The number of anilines is 1. The van der Waals surface area contributed by atoms with Gasteiger partial charge in [-0.05, 0) is 24.1 Å². The van der Waals surface area contributed by atoms with E-state index in [-0.39, 0.29) is 5.95 Å². The number of aromatic nitrogens is 3. The molecule has 0 amide bonds. The maximum Gasteiger partial charge on any atom is 0.335 e. The molecule has 1 aromatic heterocycles. The molecule has 3 N–H and O–H groups in total. The zero-order chi connectivity index (χ0) is 13.1. The summed E-state index contributed by atoms with van der Waals surface area (Å²) in [6.45, 7) is 1.90. The summed E-state index contributed by atoms with van der Waals surface area (Å²) in [5.41, 5.74) is 7.87. The van der Waals surface area contributed by atoms with E-state index in [2.05, 4.69) is 15.2 Å². The maximum atomic E-state index is 11.0. The summed E-state index contributed by atoms with van der Waals surface area (Å²) in [5.74, 6) is -0.841. The van der Waals surface area contributed by atoms with Crippen LogP contribution in [0.5, 0.6) is 0 Å². The van der Waals surface area contributed by atoms with Crippen LogP contribution < -0.4 is 5.73 Å². The molecular formula is C12H12N4O2. The minimum Gasteiger partial charge on any atom is -0.478 e. The van der Waals surface area contributed by atoms with Gasteiger partial charge in [0.15, 0.2) is 0 Å². The number of aryl methyl sites for hydroxylation is 1. The van der Waals surface area contributed by atoms with E-state index in [1.165, 1.54) is 6.20 Å². The minimum absolute atomic E-state index is 0.0906. The van der Waals surface area contributed by atoms with Crippen molar-refractivity contribution in [2.24, 2.45) is 0 Å². The molecule has 0 aliphatic rings. The van der Waals surface area contributed by atoms with Gasteiger partial charge in [-0.15, -0.1) is 5.10 Å². The fraction of sp³-hybridized carbons (Fsp3) is 0.167. The largest absolute Gasteiger partial charge is 0.478 e. The van der Waals surface area contributed by atoms with Crippen LogP contribution in [0, 0.1) is 0 Å². The van der Waals surface area contributed by atoms with Gasteiger partial charge in [-0.25, -0.2) is 9.78 Å². The Morgan fingerprint density at radius 1 is 1.44 bits per heavy atom. The summed E-state index contributed by atoms with van der Waals surface area (Å²) in [5, 5.41) is 16.3. The van der Waals surface area contributed by atoms with Crippen LogP contribution in [0.15, 0.2) is 24.4 Å². The average Bonchev–Trinajstić information content (AvgIpc) is 2.37. The Bertz CT molecular complexity index is 598. The van der Waals surface area contributed by atoms with Crippen molar-refractivity contribution in [1.29, 1.82) is 0 Å². The molecule has 0 spiro atoms. The van der Waals surface area contributed by atoms with E-state index in [1.54, 1.807) is 18.2 Å². The Balaban J connectivity index is 2.51. The standard InChI is InChI=1S/C12H12N4O2/c1-2-7-5-8(3-4-9(7)11(17)18)10-6-14-16-12(13)15-10/h3-6H,2H2,1H3,(H,17,18)(H2,13,15,16). The Kier molecular flexibility index (Phi) is 3.18. The van der Waals surface area contributed by atoms with Crippen molar-refractivity contribution < 1.29 is 9.90 Å². The number of hydrogen-bond donors (Lipinski definition) is 2. The molecule has 92 valence electrons. The fourth-order valence-corrected chi connectivity index (χ4v) is 1.71. The molecule has 0 saturated carbocycles. The third kappa shape index (κ3) is 2.27. The summed E-state index contributed by atoms with van der Waals surface area (Å²) >= 11 is 0. The lowest BCUT2D eigenvalue weighted by Crippen LogP contribution is -2.03. The minimum atomic E-state index is -0.932. The molecule has 2 aromatic rings. The molecule has 0 bridgehead atoms. The molecule has 1 aromatic carbocycles. The second-order valence-electron chi connectivity index (χ2n) is 3.73. The van der Waals surface area contributed by atoms with Crippen LogP contribution in [0.3, 0.4) is 0 Å². The monoisotopic (exact) mass is 244 g/mol. The number of hydrogen-bond acceptors (Lipinski definition) is 5. The van der Waals surface area contributed by atoms with E-state index in [9.17, 15) is 4.79 Å². The molecule has 1 heterocycles. The Labute approximate surface area is 104 Å². The number of carboxylic acid groups (broad SMARTS) is 1. The molecular weight excluding hydrogens is 232 g/mol. The SMILES string of the molecule is CCc1cc(-c2cnnc(N)n2)ccc1C(=O)O. The number of nitrogen functional groups attached to an aromatic ring is 1. The van der Waals surface area contributed by atoms with Crippen molar-refractivity contribution in [1.82, 2.24) is 15.2 Å². The zero-order valence-corrected chi connectivity index (χ0v) is 9.79. The fourth-order valence-electron chi connectivity index (χ4n) is 1.71. The normalized spacial score (nSPS) is 10.3. The van der Waals surface area contributed by atoms with Crippen molar-refractivity contribution in [2.75, 3.05) is 5.73 Å². The number of carboxylic acids is 1. The average molecular weight is 244 g/mol. The Morgan fingerprint density at radius 2 is 2.22 bits per heavy atom. The lowest BCUT2D eigenvalue weighted by atomic mass is 10.0. The lowest BCUT2D eigenvalue weighted by Gasteiger charge is -2.06. The molecule has 0 aliphatic heterocycles. The molecule has 6 nitrogen and oxygen atoms in total. The quantitative estimate of drug-likeness (QED) is 0.845. The number of nitrogens with two attached hydrogens (primary N) is 1. The van der Waals surface area contributed by atoms with Crippen LogP contribution >= 0.6 is 0 Å². The van der Waals surface area contributed by atoms with E-state index in [0.29, 0.717) is 17.7 Å². The molecule has 6 heteroatoms. The number of benzene rings is 1. The van der Waals surface area contributed by atoms with Gasteiger partial charge in [0.25, 0.3) is 0 Å². The van der Waals surface area contributed by atoms with E-state index >= 15 is 0 Å². The highest BCUT2D eigenvalue weighted by Gasteiger charge is 2.11. The van der Waals surface area contributed by atoms with Crippen molar-refractivity contribution in [3.63, 3.8) is 0 Å². The summed E-state index contributed by atoms with van der Waals surface area (Å²) in [6, 6.07) is 5.04. The highest BCUT2D eigenvalue weighted by atomic mass is 16.4. The van der Waals surface area contributed by atoms with Crippen LogP contribution in [-0.4, -0.2) is 26.3 Å². The molecule has 0 radical (unpaired) electrons. The topological polar surface area (TPSA) is 102 Å². The van der Waals surface area contributed by atoms with E-state index in [1.807, 2.05) is 6.92 Å². The highest BCUT2D eigenvalue weighted by molar-refractivity contribution is 5.90. The van der Waals surface area contributed by atoms with E-state index in [4.69, 9.17) is 10.8 Å². The Hall–Kier alpha value is -2.50. The van der Waals surface area contributed by atoms with Gasteiger partial charge in [0, 0.05) is 5.56 Å². The number of aromatic carboxylic acids is 1. The predicted octanol–water partition coefficient (Wildman–Crippen LogP) is 1.38. The first-order valence-electron chi connectivity index (χ1n) is 5.43. The maximum absolute atomic E-state index is 11.0. The van der Waals surface area contributed by atoms with Gasteiger partial charge in [-0.1, -0.05) is 13.0 Å². The van der Waals surface area contributed by atoms with Gasteiger partial charge in [-0.3, -0.25) is 0 Å². The van der Waals surface area contributed by atoms with Crippen LogP contribution in [0.25, 0.3) is 11.3 Å². The van der Waals surface area contributed by atoms with Crippen LogP contribution in [0.4, 0.5) is 5.95 Å². The number of rotatable bonds is 3. The molecule has 0 saturated heterocycles. The first-order chi connectivity index (χ1) is 8.61. The highest BCUT2D eigenvalue weighted by Crippen LogP contribution is 2.21. The van der Waals surface area contributed by atoms with E-state index in [0.717, 1.165) is 11.1 Å². The molecule has 0 unspecified atom stereocenters. The van der Waals surface area contributed by atoms with Crippen molar-refractivity contribution in [3.05, 3.63) is 35.5 Å². The Morgan fingerprint density at radius 3 is 2.83 bits per heavy atom. The molecule has 18 heavy (non-hydrogen) atoms.